The Labute approximate surface area is 207 Å². The Morgan fingerprint density at radius 2 is 1.88 bits per heavy atom. The predicted molar refractivity (Wildman–Crippen MR) is 136 cm³/mol. The molecule has 0 amide bonds. The van der Waals surface area contributed by atoms with Crippen molar-refractivity contribution in [2.45, 2.75) is 109 Å². The molecule has 6 aliphatic rings. The van der Waals surface area contributed by atoms with Crippen LogP contribution in [0, 0.1) is 40.9 Å². The van der Waals surface area contributed by atoms with Gasteiger partial charge in [0.15, 0.2) is 0 Å². The van der Waals surface area contributed by atoms with Gasteiger partial charge in [-0.1, -0.05) is 26.3 Å². The number of hydrogen-bond donors (Lipinski definition) is 2. The molecule has 5 fully saturated rings. The van der Waals surface area contributed by atoms with Gasteiger partial charge in [-0.05, 0) is 112 Å². The van der Waals surface area contributed by atoms with Crippen molar-refractivity contribution < 1.29 is 13.2 Å². The fraction of sp³-hybridized carbons (Fsp3) is 0.929. The summed E-state index contributed by atoms with van der Waals surface area (Å²) in [5, 5.41) is 3.85. The molecule has 5 nitrogen and oxygen atoms in total. The van der Waals surface area contributed by atoms with Crippen molar-refractivity contribution in [3.05, 3.63) is 11.1 Å². The number of ether oxygens (including phenoxy) is 1. The van der Waals surface area contributed by atoms with Crippen molar-refractivity contribution in [3.63, 3.8) is 0 Å². The Morgan fingerprint density at radius 3 is 2.65 bits per heavy atom. The SMILES string of the molecule is CC1=C2C[C@H]3C(CC[C@@H]4C[C@H](NS(C)(=O)=O)CCC43C)[C@@H]2CC[C@]12O[C@@H]1C[C@H](C)CN[C@H]1[C@H]2C. The molecular formula is C28H46N2O3S. The van der Waals surface area contributed by atoms with Crippen LogP contribution in [0.3, 0.4) is 0 Å². The van der Waals surface area contributed by atoms with Gasteiger partial charge >= 0.3 is 0 Å². The quantitative estimate of drug-likeness (QED) is 0.554. The Bertz CT molecular complexity index is 978. The van der Waals surface area contributed by atoms with Gasteiger partial charge in [0.1, 0.15) is 0 Å². The summed E-state index contributed by atoms with van der Waals surface area (Å²) >= 11 is 0. The first-order chi connectivity index (χ1) is 16.0. The second kappa shape index (κ2) is 8.03. The number of piperidine rings is 1. The minimum absolute atomic E-state index is 0.0525. The first kappa shape index (κ1) is 23.9. The van der Waals surface area contributed by atoms with Crippen LogP contribution in [0.25, 0.3) is 0 Å². The van der Waals surface area contributed by atoms with Gasteiger partial charge in [-0.3, -0.25) is 0 Å². The molecule has 1 spiro atoms. The lowest BCUT2D eigenvalue weighted by Gasteiger charge is -2.54. The molecule has 0 aromatic carbocycles. The highest BCUT2D eigenvalue weighted by molar-refractivity contribution is 7.88. The van der Waals surface area contributed by atoms with E-state index < -0.39 is 10.0 Å². The Morgan fingerprint density at radius 1 is 1.09 bits per heavy atom. The van der Waals surface area contributed by atoms with Crippen LogP contribution in [-0.2, 0) is 14.8 Å². The molecule has 34 heavy (non-hydrogen) atoms. The second-order valence-electron chi connectivity index (χ2n) is 13.5. The normalized spacial score (nSPS) is 52.8. The fourth-order valence-corrected chi connectivity index (χ4v) is 10.9. The summed E-state index contributed by atoms with van der Waals surface area (Å²) in [5.74, 6) is 4.22. The van der Waals surface area contributed by atoms with E-state index in [9.17, 15) is 8.42 Å². The lowest BCUT2D eigenvalue weighted by Crippen LogP contribution is -2.50. The van der Waals surface area contributed by atoms with Crippen LogP contribution in [0.4, 0.5) is 0 Å². The van der Waals surface area contributed by atoms with Crippen LogP contribution >= 0.6 is 0 Å². The van der Waals surface area contributed by atoms with Gasteiger partial charge in [0.25, 0.3) is 0 Å². The first-order valence-corrected chi connectivity index (χ1v) is 16.0. The molecule has 0 aromatic rings. The van der Waals surface area contributed by atoms with Gasteiger partial charge in [-0.15, -0.1) is 0 Å². The van der Waals surface area contributed by atoms with Crippen molar-refractivity contribution in [3.8, 4) is 0 Å². The molecule has 192 valence electrons. The van der Waals surface area contributed by atoms with Gasteiger partial charge < -0.3 is 10.1 Å². The summed E-state index contributed by atoms with van der Waals surface area (Å²) in [4.78, 5) is 0. The van der Waals surface area contributed by atoms with E-state index in [2.05, 4.69) is 37.7 Å². The largest absolute Gasteiger partial charge is 0.365 e. The smallest absolute Gasteiger partial charge is 0.208 e. The Balaban J connectivity index is 1.26. The van der Waals surface area contributed by atoms with Gasteiger partial charge in [0, 0.05) is 18.0 Å². The molecule has 4 aliphatic carbocycles. The zero-order valence-electron chi connectivity index (χ0n) is 21.9. The zero-order chi connectivity index (χ0) is 24.0. The van der Waals surface area contributed by atoms with Crippen LogP contribution in [-0.4, -0.2) is 45.0 Å². The van der Waals surface area contributed by atoms with E-state index >= 15 is 0 Å². The van der Waals surface area contributed by atoms with Crippen molar-refractivity contribution in [2.24, 2.45) is 40.9 Å². The third kappa shape index (κ3) is 3.52. The third-order valence-electron chi connectivity index (χ3n) is 11.8. The summed E-state index contributed by atoms with van der Waals surface area (Å²) in [7, 11) is -3.13. The molecule has 2 unspecified atom stereocenters. The van der Waals surface area contributed by atoms with Crippen LogP contribution in [0.1, 0.15) is 85.5 Å². The third-order valence-corrected chi connectivity index (χ3v) is 12.6. The maximum absolute atomic E-state index is 11.9. The maximum atomic E-state index is 11.9. The lowest BCUT2D eigenvalue weighted by atomic mass is 9.52. The molecule has 0 aromatic heterocycles. The van der Waals surface area contributed by atoms with E-state index in [1.54, 1.807) is 11.1 Å². The molecule has 0 radical (unpaired) electrons. The second-order valence-corrected chi connectivity index (χ2v) is 15.3. The zero-order valence-corrected chi connectivity index (χ0v) is 22.7. The molecule has 6 rings (SSSR count). The average molecular weight is 491 g/mol. The molecule has 0 bridgehead atoms. The van der Waals surface area contributed by atoms with Gasteiger partial charge in [-0.25, -0.2) is 13.1 Å². The van der Waals surface area contributed by atoms with Crippen LogP contribution in [0.5, 0.6) is 0 Å². The van der Waals surface area contributed by atoms with Crippen LogP contribution < -0.4 is 10.0 Å². The number of sulfonamides is 1. The number of fused-ring (bicyclic) bond motifs is 6. The molecule has 2 saturated heterocycles. The van der Waals surface area contributed by atoms with Crippen molar-refractivity contribution >= 4 is 10.0 Å². The highest BCUT2D eigenvalue weighted by atomic mass is 32.2. The van der Waals surface area contributed by atoms with Crippen LogP contribution in [0.2, 0.25) is 0 Å². The average Bonchev–Trinajstić information content (AvgIpc) is 3.27. The number of hydrogen-bond acceptors (Lipinski definition) is 4. The molecule has 11 atom stereocenters. The van der Waals surface area contributed by atoms with E-state index in [0.29, 0.717) is 35.3 Å². The Kier molecular flexibility index (Phi) is 5.66. The summed E-state index contributed by atoms with van der Waals surface area (Å²) in [6, 6.07) is 0.634. The first-order valence-electron chi connectivity index (χ1n) is 14.1. The predicted octanol–water partition coefficient (Wildman–Crippen LogP) is 4.64. The minimum Gasteiger partial charge on any atom is -0.365 e. The monoisotopic (exact) mass is 490 g/mol. The molecule has 3 saturated carbocycles. The van der Waals surface area contributed by atoms with E-state index in [-0.39, 0.29) is 11.6 Å². The van der Waals surface area contributed by atoms with E-state index in [0.717, 1.165) is 43.6 Å². The minimum atomic E-state index is -3.13. The van der Waals surface area contributed by atoms with E-state index in [1.165, 1.54) is 44.8 Å². The van der Waals surface area contributed by atoms with Crippen LogP contribution in [0.15, 0.2) is 11.1 Å². The van der Waals surface area contributed by atoms with E-state index in [4.69, 9.17) is 4.74 Å². The fourth-order valence-electron chi connectivity index (χ4n) is 10.1. The van der Waals surface area contributed by atoms with E-state index in [1.807, 2.05) is 0 Å². The highest BCUT2D eigenvalue weighted by Gasteiger charge is 2.61. The van der Waals surface area contributed by atoms with Crippen molar-refractivity contribution in [2.75, 3.05) is 12.8 Å². The van der Waals surface area contributed by atoms with Crippen molar-refractivity contribution in [1.29, 1.82) is 0 Å². The Hall–Kier alpha value is -0.430. The summed E-state index contributed by atoms with van der Waals surface area (Å²) in [6.07, 6.45) is 12.4. The molecule has 2 aliphatic heterocycles. The molecular weight excluding hydrogens is 444 g/mol. The standard InChI is InChI=1S/C28H46N2O3S/c1-16-12-25-26(29-15-16)18(3)28(33-25)11-9-21-22-7-6-19-13-20(30-34(5,31)32)8-10-27(19,4)24(22)14-23(21)17(28)2/h16,18-22,24-26,29-30H,6-15H2,1-5H3/t16-,18+,19+,20+,21-,22?,24-,25+,26-,27?,28-/m0/s1. The summed E-state index contributed by atoms with van der Waals surface area (Å²) in [6.45, 7) is 10.9. The maximum Gasteiger partial charge on any atom is 0.208 e. The summed E-state index contributed by atoms with van der Waals surface area (Å²) < 4.78 is 33.7. The topological polar surface area (TPSA) is 67.4 Å². The molecule has 6 heteroatoms. The highest BCUT2D eigenvalue weighted by Crippen LogP contribution is 2.66. The number of allylic oxidation sites excluding steroid dienone is 1. The number of nitrogens with one attached hydrogen (secondary N) is 2. The number of rotatable bonds is 2. The molecule has 2 N–H and O–H groups in total. The van der Waals surface area contributed by atoms with Gasteiger partial charge in [0.2, 0.25) is 10.0 Å². The van der Waals surface area contributed by atoms with Gasteiger partial charge in [-0.2, -0.15) is 0 Å². The summed E-state index contributed by atoms with van der Waals surface area (Å²) in [5.41, 5.74) is 3.66. The van der Waals surface area contributed by atoms with Crippen molar-refractivity contribution in [1.82, 2.24) is 10.0 Å². The molecule has 2 heterocycles. The van der Waals surface area contributed by atoms with Gasteiger partial charge in [0.05, 0.1) is 18.0 Å². The lowest BCUT2D eigenvalue weighted by molar-refractivity contribution is -0.0596.